The first-order valence-corrected chi connectivity index (χ1v) is 7.64. The van der Waals surface area contributed by atoms with Crippen molar-refractivity contribution >= 4 is 17.2 Å². The maximum Gasteiger partial charge on any atom is 0.332 e. The number of nitro groups is 2. The highest BCUT2D eigenvalue weighted by Crippen LogP contribution is 2.26. The van der Waals surface area contributed by atoms with Gasteiger partial charge in [-0.3, -0.25) is 29.8 Å². The van der Waals surface area contributed by atoms with Crippen LogP contribution >= 0.6 is 0 Å². The molecule has 1 heterocycles. The fourth-order valence-corrected chi connectivity index (χ4v) is 2.54. The van der Waals surface area contributed by atoms with Crippen molar-refractivity contribution in [3.8, 4) is 5.69 Å². The number of aromatic nitrogens is 1. The van der Waals surface area contributed by atoms with E-state index >= 15 is 0 Å². The molecule has 0 spiro atoms. The molecule has 9 nitrogen and oxygen atoms in total. The van der Waals surface area contributed by atoms with E-state index in [0.717, 1.165) is 22.9 Å². The van der Waals surface area contributed by atoms with Gasteiger partial charge in [-0.05, 0) is 12.1 Å². The molecular weight excluding hydrogens is 354 g/mol. The fourth-order valence-electron chi connectivity index (χ4n) is 2.54. The molecule has 0 radical (unpaired) electrons. The third kappa shape index (κ3) is 3.47. The second-order valence-corrected chi connectivity index (χ2v) is 5.51. The molecule has 9 heteroatoms. The molecule has 0 unspecified atom stereocenters. The van der Waals surface area contributed by atoms with Crippen molar-refractivity contribution in [3.05, 3.63) is 109 Å². The molecule has 0 aliphatic heterocycles. The summed E-state index contributed by atoms with van der Waals surface area (Å²) in [6, 6.07) is 13.0. The Labute approximate surface area is 151 Å². The van der Waals surface area contributed by atoms with Crippen LogP contribution in [0.25, 0.3) is 5.69 Å². The van der Waals surface area contributed by atoms with Gasteiger partial charge in [0.25, 0.3) is 11.1 Å². The Morgan fingerprint density at radius 3 is 2.15 bits per heavy atom. The molecule has 134 valence electrons. The Bertz CT molecular complexity index is 1120. The van der Waals surface area contributed by atoms with Gasteiger partial charge < -0.3 is 4.57 Å². The standard InChI is InChI=1S/C18H11N3O6/c22-17-8-9-19(11-16(17)21(26)27)14-7-6-13(10-15(14)20(24)25)18(23)12-4-2-1-3-5-12/h1-11H. The van der Waals surface area contributed by atoms with Crippen molar-refractivity contribution < 1.29 is 14.6 Å². The van der Waals surface area contributed by atoms with Crippen molar-refractivity contribution in [2.45, 2.75) is 0 Å². The van der Waals surface area contributed by atoms with Crippen LogP contribution in [0.15, 0.2) is 71.8 Å². The lowest BCUT2D eigenvalue weighted by Crippen LogP contribution is -2.11. The Hall–Kier alpha value is -4.14. The first kappa shape index (κ1) is 17.7. The van der Waals surface area contributed by atoms with E-state index in [1.54, 1.807) is 30.3 Å². The minimum atomic E-state index is -0.863. The Balaban J connectivity index is 2.12. The predicted octanol–water partition coefficient (Wildman–Crippen LogP) is 2.88. The SMILES string of the molecule is O=C(c1ccccc1)c1ccc(-n2ccc(=O)c([N+](=O)[O-])c2)c([N+](=O)[O-])c1. The summed E-state index contributed by atoms with van der Waals surface area (Å²) < 4.78 is 1.11. The second-order valence-electron chi connectivity index (χ2n) is 5.51. The van der Waals surface area contributed by atoms with E-state index in [1.807, 2.05) is 0 Å². The summed E-state index contributed by atoms with van der Waals surface area (Å²) >= 11 is 0. The average molecular weight is 365 g/mol. The molecule has 0 aliphatic carbocycles. The van der Waals surface area contributed by atoms with Crippen LogP contribution in [0.3, 0.4) is 0 Å². The van der Waals surface area contributed by atoms with Gasteiger partial charge in [0.1, 0.15) is 5.69 Å². The van der Waals surface area contributed by atoms with Crippen LogP contribution in [0.4, 0.5) is 11.4 Å². The number of rotatable bonds is 5. The van der Waals surface area contributed by atoms with Crippen LogP contribution in [0.2, 0.25) is 0 Å². The highest BCUT2D eigenvalue weighted by atomic mass is 16.6. The molecule has 1 aromatic heterocycles. The highest BCUT2D eigenvalue weighted by molar-refractivity contribution is 6.09. The first-order chi connectivity index (χ1) is 12.9. The Kier molecular flexibility index (Phi) is 4.58. The van der Waals surface area contributed by atoms with Gasteiger partial charge in [-0.2, -0.15) is 0 Å². The van der Waals surface area contributed by atoms with Crippen LogP contribution in [0.5, 0.6) is 0 Å². The molecule has 3 rings (SSSR count). The maximum absolute atomic E-state index is 12.5. The van der Waals surface area contributed by atoms with Crippen molar-refractivity contribution in [3.63, 3.8) is 0 Å². The number of pyridine rings is 1. The van der Waals surface area contributed by atoms with Gasteiger partial charge in [-0.1, -0.05) is 30.3 Å². The van der Waals surface area contributed by atoms with E-state index < -0.39 is 32.4 Å². The topological polar surface area (TPSA) is 125 Å². The molecule has 3 aromatic rings. The zero-order valence-corrected chi connectivity index (χ0v) is 13.6. The number of ketones is 1. The molecule has 0 saturated heterocycles. The molecule has 2 aromatic carbocycles. The number of carbonyl (C=O) groups is 1. The minimum Gasteiger partial charge on any atom is -0.311 e. The zero-order valence-electron chi connectivity index (χ0n) is 13.6. The Morgan fingerprint density at radius 2 is 1.52 bits per heavy atom. The second kappa shape index (κ2) is 7.00. The quantitative estimate of drug-likeness (QED) is 0.389. The first-order valence-electron chi connectivity index (χ1n) is 7.64. The average Bonchev–Trinajstić information content (AvgIpc) is 2.67. The van der Waals surface area contributed by atoms with Crippen LogP contribution in [-0.2, 0) is 0 Å². The number of benzene rings is 2. The zero-order chi connectivity index (χ0) is 19.6. The molecule has 0 aliphatic rings. The van der Waals surface area contributed by atoms with Crippen molar-refractivity contribution in [1.29, 1.82) is 0 Å². The summed E-state index contributed by atoms with van der Waals surface area (Å²) in [5.74, 6) is -0.392. The van der Waals surface area contributed by atoms with Crippen molar-refractivity contribution in [2.75, 3.05) is 0 Å². The lowest BCUT2D eigenvalue weighted by molar-refractivity contribution is -0.386. The van der Waals surface area contributed by atoms with E-state index in [0.29, 0.717) is 5.56 Å². The van der Waals surface area contributed by atoms with Gasteiger partial charge in [0.15, 0.2) is 5.78 Å². The molecule has 0 saturated carbocycles. The van der Waals surface area contributed by atoms with Crippen LogP contribution in [-0.4, -0.2) is 20.2 Å². The molecule has 0 atom stereocenters. The van der Waals surface area contributed by atoms with Gasteiger partial charge in [-0.25, -0.2) is 0 Å². The van der Waals surface area contributed by atoms with Crippen LogP contribution < -0.4 is 5.43 Å². The van der Waals surface area contributed by atoms with E-state index in [1.165, 1.54) is 18.3 Å². The summed E-state index contributed by atoms with van der Waals surface area (Å²) in [4.78, 5) is 44.9. The molecule has 0 fully saturated rings. The predicted molar refractivity (Wildman–Crippen MR) is 95.2 cm³/mol. The van der Waals surface area contributed by atoms with Crippen molar-refractivity contribution in [1.82, 2.24) is 4.57 Å². The summed E-state index contributed by atoms with van der Waals surface area (Å²) in [6.45, 7) is 0. The number of nitrogens with zero attached hydrogens (tertiary/aromatic N) is 3. The van der Waals surface area contributed by atoms with E-state index in [2.05, 4.69) is 0 Å². The van der Waals surface area contributed by atoms with Gasteiger partial charge in [0.05, 0.1) is 16.0 Å². The summed E-state index contributed by atoms with van der Waals surface area (Å²) in [5, 5.41) is 22.4. The Morgan fingerprint density at radius 1 is 0.852 bits per heavy atom. The smallest absolute Gasteiger partial charge is 0.311 e. The molecule has 0 N–H and O–H groups in total. The fraction of sp³-hybridized carbons (Fsp3) is 0. The van der Waals surface area contributed by atoms with E-state index in [9.17, 15) is 29.8 Å². The van der Waals surface area contributed by atoms with Crippen LogP contribution in [0, 0.1) is 20.2 Å². The number of carbonyl (C=O) groups excluding carboxylic acids is 1. The number of hydrogen-bond acceptors (Lipinski definition) is 6. The van der Waals surface area contributed by atoms with Gasteiger partial charge in [-0.15, -0.1) is 0 Å². The summed E-state index contributed by atoms with van der Waals surface area (Å²) in [6.07, 6.45) is 2.10. The third-order valence-corrected chi connectivity index (χ3v) is 3.85. The lowest BCUT2D eigenvalue weighted by Gasteiger charge is -2.08. The van der Waals surface area contributed by atoms with E-state index in [4.69, 9.17) is 0 Å². The normalized spacial score (nSPS) is 10.4. The van der Waals surface area contributed by atoms with Gasteiger partial charge >= 0.3 is 5.69 Å². The van der Waals surface area contributed by atoms with Crippen molar-refractivity contribution in [2.24, 2.45) is 0 Å². The molecular formula is C18H11N3O6. The molecule has 0 bridgehead atoms. The maximum atomic E-state index is 12.5. The summed E-state index contributed by atoms with van der Waals surface area (Å²) in [5.41, 5.74) is -1.47. The van der Waals surface area contributed by atoms with Crippen LogP contribution in [0.1, 0.15) is 15.9 Å². The molecule has 0 amide bonds. The summed E-state index contributed by atoms with van der Waals surface area (Å²) in [7, 11) is 0. The minimum absolute atomic E-state index is 0.00675. The van der Waals surface area contributed by atoms with E-state index in [-0.39, 0.29) is 11.3 Å². The number of nitro benzene ring substituents is 1. The van der Waals surface area contributed by atoms with Gasteiger partial charge in [0.2, 0.25) is 0 Å². The monoisotopic (exact) mass is 365 g/mol. The molecule has 27 heavy (non-hydrogen) atoms. The number of hydrogen-bond donors (Lipinski definition) is 0. The highest BCUT2D eigenvalue weighted by Gasteiger charge is 2.21. The largest absolute Gasteiger partial charge is 0.332 e. The van der Waals surface area contributed by atoms with Gasteiger partial charge in [0, 0.05) is 29.5 Å². The lowest BCUT2D eigenvalue weighted by atomic mass is 10.0. The third-order valence-electron chi connectivity index (χ3n) is 3.85.